The van der Waals surface area contributed by atoms with Crippen LogP contribution in [0.15, 0.2) is 29.2 Å². The topological polar surface area (TPSA) is 81.4 Å². The van der Waals surface area contributed by atoms with E-state index < -0.39 is 15.6 Å². The maximum atomic E-state index is 12.3. The average Bonchev–Trinajstić information content (AvgIpc) is 2.38. The Morgan fingerprint density at radius 1 is 1.26 bits per heavy atom. The highest BCUT2D eigenvalue weighted by Gasteiger charge is 2.32. The Bertz CT molecular complexity index is 519. The van der Waals surface area contributed by atoms with Crippen molar-refractivity contribution in [1.29, 1.82) is 0 Å². The monoisotopic (exact) mass is 284 g/mol. The molecule has 1 aromatic rings. The summed E-state index contributed by atoms with van der Waals surface area (Å²) in [5.74, 6) is 0. The Kier molecular flexibility index (Phi) is 4.25. The second-order valence-electron chi connectivity index (χ2n) is 5.13. The van der Waals surface area contributed by atoms with E-state index >= 15 is 0 Å². The molecule has 6 heteroatoms. The van der Waals surface area contributed by atoms with E-state index in [1.807, 2.05) is 6.92 Å². The van der Waals surface area contributed by atoms with Crippen LogP contribution in [0, 0.1) is 0 Å². The SMILES string of the molecule is CC1(NS(=O)(=O)c2ccc(CN)cc2)CCOCC1. The molecule has 5 nitrogen and oxygen atoms in total. The average molecular weight is 284 g/mol. The normalized spacial score (nSPS) is 19.3. The molecule has 1 aliphatic rings. The van der Waals surface area contributed by atoms with Crippen LogP contribution in [-0.2, 0) is 21.3 Å². The summed E-state index contributed by atoms with van der Waals surface area (Å²) in [6, 6.07) is 6.65. The maximum absolute atomic E-state index is 12.3. The van der Waals surface area contributed by atoms with E-state index in [4.69, 9.17) is 10.5 Å². The number of ether oxygens (including phenoxy) is 1. The second-order valence-corrected chi connectivity index (χ2v) is 6.81. The fourth-order valence-corrected chi connectivity index (χ4v) is 3.58. The van der Waals surface area contributed by atoms with Gasteiger partial charge in [0.15, 0.2) is 0 Å². The fraction of sp³-hybridized carbons (Fsp3) is 0.538. The summed E-state index contributed by atoms with van der Waals surface area (Å²) in [6.45, 7) is 3.50. The third kappa shape index (κ3) is 3.54. The predicted octanol–water partition coefficient (Wildman–Crippen LogP) is 0.993. The second kappa shape index (κ2) is 5.58. The molecule has 0 atom stereocenters. The van der Waals surface area contributed by atoms with Crippen molar-refractivity contribution in [2.45, 2.75) is 36.7 Å². The molecule has 0 aliphatic carbocycles. The molecule has 0 spiro atoms. The van der Waals surface area contributed by atoms with Crippen LogP contribution in [0.4, 0.5) is 0 Å². The molecular formula is C13H20N2O3S. The molecule has 0 amide bonds. The Hall–Kier alpha value is -0.950. The Balaban J connectivity index is 2.17. The molecule has 1 fully saturated rings. The Morgan fingerprint density at radius 2 is 1.84 bits per heavy atom. The van der Waals surface area contributed by atoms with Crippen molar-refractivity contribution in [3.63, 3.8) is 0 Å². The zero-order chi connectivity index (χ0) is 13.9. The molecule has 0 bridgehead atoms. The first-order valence-electron chi connectivity index (χ1n) is 6.36. The lowest BCUT2D eigenvalue weighted by Gasteiger charge is -2.34. The number of hydrogen-bond donors (Lipinski definition) is 2. The number of rotatable bonds is 4. The molecule has 1 aliphatic heterocycles. The molecule has 3 N–H and O–H groups in total. The zero-order valence-corrected chi connectivity index (χ0v) is 11.9. The fourth-order valence-electron chi connectivity index (χ4n) is 2.11. The Labute approximate surface area is 114 Å². The third-order valence-corrected chi connectivity index (χ3v) is 5.10. The minimum atomic E-state index is -3.49. The summed E-state index contributed by atoms with van der Waals surface area (Å²) in [7, 11) is -3.49. The van der Waals surface area contributed by atoms with E-state index in [2.05, 4.69) is 4.72 Å². The quantitative estimate of drug-likeness (QED) is 0.864. The predicted molar refractivity (Wildman–Crippen MR) is 73.1 cm³/mol. The van der Waals surface area contributed by atoms with Crippen LogP contribution >= 0.6 is 0 Å². The van der Waals surface area contributed by atoms with Crippen LogP contribution in [0.25, 0.3) is 0 Å². The lowest BCUT2D eigenvalue weighted by Crippen LogP contribution is -2.49. The van der Waals surface area contributed by atoms with Gasteiger partial charge in [0.1, 0.15) is 0 Å². The molecule has 1 saturated heterocycles. The highest BCUT2D eigenvalue weighted by Crippen LogP contribution is 2.23. The molecule has 106 valence electrons. The highest BCUT2D eigenvalue weighted by atomic mass is 32.2. The van der Waals surface area contributed by atoms with Gasteiger partial charge in [-0.25, -0.2) is 13.1 Å². The van der Waals surface area contributed by atoms with Gasteiger partial charge in [0, 0.05) is 25.3 Å². The van der Waals surface area contributed by atoms with Crippen LogP contribution in [0.1, 0.15) is 25.3 Å². The van der Waals surface area contributed by atoms with Crippen molar-refractivity contribution in [3.05, 3.63) is 29.8 Å². The van der Waals surface area contributed by atoms with Crippen molar-refractivity contribution in [2.75, 3.05) is 13.2 Å². The molecule has 19 heavy (non-hydrogen) atoms. The number of nitrogens with two attached hydrogens (primary N) is 1. The van der Waals surface area contributed by atoms with Crippen LogP contribution < -0.4 is 10.5 Å². The van der Waals surface area contributed by atoms with Gasteiger partial charge in [0.05, 0.1) is 4.90 Å². The maximum Gasteiger partial charge on any atom is 0.241 e. The van der Waals surface area contributed by atoms with Gasteiger partial charge in [-0.05, 0) is 37.5 Å². The van der Waals surface area contributed by atoms with Gasteiger partial charge >= 0.3 is 0 Å². The highest BCUT2D eigenvalue weighted by molar-refractivity contribution is 7.89. The van der Waals surface area contributed by atoms with Crippen molar-refractivity contribution in [3.8, 4) is 0 Å². The summed E-state index contributed by atoms with van der Waals surface area (Å²) in [4.78, 5) is 0.275. The molecule has 1 heterocycles. The molecule has 0 radical (unpaired) electrons. The van der Waals surface area contributed by atoms with Gasteiger partial charge in [-0.1, -0.05) is 12.1 Å². The molecule has 0 unspecified atom stereocenters. The van der Waals surface area contributed by atoms with Gasteiger partial charge in [-0.15, -0.1) is 0 Å². The summed E-state index contributed by atoms with van der Waals surface area (Å²) < 4.78 is 32.7. The minimum Gasteiger partial charge on any atom is -0.381 e. The Morgan fingerprint density at radius 3 is 2.37 bits per heavy atom. The molecule has 1 aromatic carbocycles. The number of hydrogen-bond acceptors (Lipinski definition) is 4. The zero-order valence-electron chi connectivity index (χ0n) is 11.1. The van der Waals surface area contributed by atoms with Gasteiger partial charge in [-0.2, -0.15) is 0 Å². The summed E-state index contributed by atoms with van der Waals surface area (Å²) in [5, 5.41) is 0. The van der Waals surface area contributed by atoms with E-state index in [1.54, 1.807) is 24.3 Å². The van der Waals surface area contributed by atoms with Crippen LogP contribution in [0.5, 0.6) is 0 Å². The van der Waals surface area contributed by atoms with E-state index in [9.17, 15) is 8.42 Å². The number of sulfonamides is 1. The summed E-state index contributed by atoms with van der Waals surface area (Å²) >= 11 is 0. The van der Waals surface area contributed by atoms with Crippen molar-refractivity contribution in [1.82, 2.24) is 4.72 Å². The number of nitrogens with one attached hydrogen (secondary N) is 1. The van der Waals surface area contributed by atoms with Crippen molar-refractivity contribution < 1.29 is 13.2 Å². The molecule has 0 saturated carbocycles. The first-order chi connectivity index (χ1) is 8.95. The summed E-state index contributed by atoms with van der Waals surface area (Å²) in [5.41, 5.74) is 5.99. The third-order valence-electron chi connectivity index (χ3n) is 3.45. The first-order valence-corrected chi connectivity index (χ1v) is 7.84. The van der Waals surface area contributed by atoms with Gasteiger partial charge < -0.3 is 10.5 Å². The molecular weight excluding hydrogens is 264 g/mol. The largest absolute Gasteiger partial charge is 0.381 e. The lowest BCUT2D eigenvalue weighted by atomic mass is 9.94. The van der Waals surface area contributed by atoms with E-state index in [0.717, 1.165) is 5.56 Å². The van der Waals surface area contributed by atoms with E-state index in [-0.39, 0.29) is 4.90 Å². The van der Waals surface area contributed by atoms with Crippen molar-refractivity contribution >= 4 is 10.0 Å². The molecule has 2 rings (SSSR count). The van der Waals surface area contributed by atoms with Crippen LogP contribution in [0.2, 0.25) is 0 Å². The van der Waals surface area contributed by atoms with Crippen molar-refractivity contribution in [2.24, 2.45) is 5.73 Å². The summed E-state index contributed by atoms with van der Waals surface area (Å²) in [6.07, 6.45) is 1.38. The lowest BCUT2D eigenvalue weighted by molar-refractivity contribution is 0.0537. The van der Waals surface area contributed by atoms with E-state index in [1.165, 1.54) is 0 Å². The smallest absolute Gasteiger partial charge is 0.241 e. The number of benzene rings is 1. The van der Waals surface area contributed by atoms with Gasteiger partial charge in [0.2, 0.25) is 10.0 Å². The van der Waals surface area contributed by atoms with Crippen LogP contribution in [-0.4, -0.2) is 27.2 Å². The van der Waals surface area contributed by atoms with Gasteiger partial charge in [-0.3, -0.25) is 0 Å². The van der Waals surface area contributed by atoms with Crippen LogP contribution in [0.3, 0.4) is 0 Å². The first kappa shape index (κ1) is 14.5. The molecule has 0 aromatic heterocycles. The van der Waals surface area contributed by atoms with Gasteiger partial charge in [0.25, 0.3) is 0 Å². The van der Waals surface area contributed by atoms with E-state index in [0.29, 0.717) is 32.6 Å². The minimum absolute atomic E-state index is 0.275. The standard InChI is InChI=1S/C13H20N2O3S/c1-13(6-8-18-9-7-13)15-19(16,17)12-4-2-11(10-14)3-5-12/h2-5,15H,6-10,14H2,1H3.